The molecule has 0 fully saturated rings. The molecule has 0 saturated carbocycles. The molecule has 2 rings (SSSR count). The van der Waals surface area contributed by atoms with Gasteiger partial charge < -0.3 is 20.5 Å². The summed E-state index contributed by atoms with van der Waals surface area (Å²) in [7, 11) is 1.51. The van der Waals surface area contributed by atoms with Gasteiger partial charge in [-0.1, -0.05) is 43.6 Å². The highest BCUT2D eigenvalue weighted by Gasteiger charge is 2.24. The number of hydrogen-bond acceptors (Lipinski definition) is 4. The van der Waals surface area contributed by atoms with Crippen molar-refractivity contribution in [1.29, 1.82) is 0 Å². The predicted octanol–water partition coefficient (Wildman–Crippen LogP) is 3.74. The van der Waals surface area contributed by atoms with Gasteiger partial charge in [0.05, 0.1) is 7.11 Å². The van der Waals surface area contributed by atoms with Crippen LogP contribution in [0.2, 0.25) is 5.02 Å². The molecule has 0 aliphatic rings. The predicted molar refractivity (Wildman–Crippen MR) is 119 cm³/mol. The number of rotatable bonds is 9. The lowest BCUT2D eigenvalue weighted by Gasteiger charge is -2.18. The highest BCUT2D eigenvalue weighted by molar-refractivity contribution is 6.32. The first kappa shape index (κ1) is 24.0. The van der Waals surface area contributed by atoms with E-state index in [4.69, 9.17) is 16.3 Å². The zero-order valence-electron chi connectivity index (χ0n) is 17.5. The number of aliphatic carboxylic acids is 1. The van der Waals surface area contributed by atoms with Crippen molar-refractivity contribution in [2.45, 2.75) is 26.3 Å². The largest absolute Gasteiger partial charge is 0.497 e. The van der Waals surface area contributed by atoms with Gasteiger partial charge in [-0.05, 0) is 54.3 Å². The van der Waals surface area contributed by atoms with Crippen LogP contribution in [0.5, 0.6) is 5.75 Å². The van der Waals surface area contributed by atoms with E-state index in [1.807, 2.05) is 13.8 Å². The van der Waals surface area contributed by atoms with Crippen molar-refractivity contribution in [1.82, 2.24) is 10.6 Å². The van der Waals surface area contributed by atoms with Gasteiger partial charge in [-0.15, -0.1) is 0 Å². The minimum Gasteiger partial charge on any atom is -0.497 e. The van der Waals surface area contributed by atoms with Crippen LogP contribution in [0.15, 0.2) is 54.2 Å². The van der Waals surface area contributed by atoms with Crippen LogP contribution >= 0.6 is 11.6 Å². The quantitative estimate of drug-likeness (QED) is 0.511. The number of carbonyl (C=O) groups is 3. The Labute approximate surface area is 186 Å². The minimum atomic E-state index is -1.15. The van der Waals surface area contributed by atoms with E-state index in [2.05, 4.69) is 10.6 Å². The Kier molecular flexibility index (Phi) is 8.63. The third kappa shape index (κ3) is 7.15. The van der Waals surface area contributed by atoms with Gasteiger partial charge in [0.2, 0.25) is 0 Å². The molecule has 0 spiro atoms. The summed E-state index contributed by atoms with van der Waals surface area (Å²) >= 11 is 6.19. The van der Waals surface area contributed by atoms with Gasteiger partial charge in [0.1, 0.15) is 17.5 Å². The molecule has 31 heavy (non-hydrogen) atoms. The SMILES string of the molecule is COc1ccc(C(=O)N/C(=C/c2ccccc2Cl)C(=O)N[C@@H](CC(C)C)C(=O)O)cc1. The Bertz CT molecular complexity index is 970. The standard InChI is InChI=1S/C23H25ClN2O5/c1-14(2)12-20(23(29)30)26-22(28)19(13-16-6-4-5-7-18(16)24)25-21(27)15-8-10-17(31-3)11-9-15/h4-11,13-14,20H,12H2,1-3H3,(H,25,27)(H,26,28)(H,29,30)/b19-13+/t20-/m0/s1. The molecule has 2 amide bonds. The molecule has 164 valence electrons. The lowest BCUT2D eigenvalue weighted by atomic mass is 10.0. The molecule has 0 radical (unpaired) electrons. The van der Waals surface area contributed by atoms with E-state index in [9.17, 15) is 19.5 Å². The minimum absolute atomic E-state index is 0.0475. The van der Waals surface area contributed by atoms with Crippen LogP contribution in [0.1, 0.15) is 36.2 Å². The van der Waals surface area contributed by atoms with Gasteiger partial charge >= 0.3 is 5.97 Å². The smallest absolute Gasteiger partial charge is 0.326 e. The molecule has 0 aliphatic carbocycles. The molecule has 0 aromatic heterocycles. The van der Waals surface area contributed by atoms with Crippen molar-refractivity contribution in [2.75, 3.05) is 7.11 Å². The summed E-state index contributed by atoms with van der Waals surface area (Å²) in [5.41, 5.74) is 0.680. The van der Waals surface area contributed by atoms with Crippen LogP contribution in [0.4, 0.5) is 0 Å². The second-order valence-corrected chi connectivity index (χ2v) is 7.66. The van der Waals surface area contributed by atoms with E-state index >= 15 is 0 Å². The van der Waals surface area contributed by atoms with Crippen molar-refractivity contribution in [2.24, 2.45) is 5.92 Å². The van der Waals surface area contributed by atoms with Crippen LogP contribution in [-0.2, 0) is 9.59 Å². The van der Waals surface area contributed by atoms with Gasteiger partial charge in [0.15, 0.2) is 0 Å². The van der Waals surface area contributed by atoms with Gasteiger partial charge in [-0.25, -0.2) is 4.79 Å². The Morgan fingerprint density at radius 1 is 1.10 bits per heavy atom. The molecule has 0 aliphatic heterocycles. The Morgan fingerprint density at radius 3 is 2.29 bits per heavy atom. The van der Waals surface area contributed by atoms with Crippen LogP contribution in [0, 0.1) is 5.92 Å². The van der Waals surface area contributed by atoms with E-state index in [1.165, 1.54) is 13.2 Å². The van der Waals surface area contributed by atoms with Crippen LogP contribution in [0.25, 0.3) is 6.08 Å². The third-order valence-electron chi connectivity index (χ3n) is 4.36. The summed E-state index contributed by atoms with van der Waals surface area (Å²) in [5, 5.41) is 14.9. The van der Waals surface area contributed by atoms with Crippen molar-refractivity contribution in [3.63, 3.8) is 0 Å². The summed E-state index contributed by atoms with van der Waals surface area (Å²) in [6.45, 7) is 3.71. The van der Waals surface area contributed by atoms with Gasteiger partial charge in [-0.2, -0.15) is 0 Å². The molecular weight excluding hydrogens is 420 g/mol. The number of benzene rings is 2. The molecule has 1 atom stereocenters. The van der Waals surface area contributed by atoms with E-state index in [1.54, 1.807) is 48.5 Å². The summed E-state index contributed by atoms with van der Waals surface area (Å²) < 4.78 is 5.08. The number of methoxy groups -OCH3 is 1. The molecule has 2 aromatic carbocycles. The first-order chi connectivity index (χ1) is 14.7. The maximum absolute atomic E-state index is 12.9. The van der Waals surface area contributed by atoms with E-state index < -0.39 is 23.8 Å². The summed E-state index contributed by atoms with van der Waals surface area (Å²) in [6, 6.07) is 12.0. The fourth-order valence-electron chi connectivity index (χ4n) is 2.77. The van der Waals surface area contributed by atoms with Gasteiger partial charge in [-0.3, -0.25) is 9.59 Å². The molecule has 2 aromatic rings. The van der Waals surface area contributed by atoms with Gasteiger partial charge in [0.25, 0.3) is 11.8 Å². The number of ether oxygens (including phenoxy) is 1. The number of carboxylic acid groups (broad SMARTS) is 1. The van der Waals surface area contributed by atoms with Crippen molar-refractivity contribution < 1.29 is 24.2 Å². The maximum Gasteiger partial charge on any atom is 0.326 e. The monoisotopic (exact) mass is 444 g/mol. The second kappa shape index (κ2) is 11.2. The number of amides is 2. The normalized spacial score (nSPS) is 12.2. The molecule has 0 saturated heterocycles. The Hall–Kier alpha value is -3.32. The van der Waals surface area contributed by atoms with Gasteiger partial charge in [0, 0.05) is 10.6 Å². The number of carboxylic acids is 1. The van der Waals surface area contributed by atoms with Crippen molar-refractivity contribution in [3.05, 3.63) is 70.4 Å². The fourth-order valence-corrected chi connectivity index (χ4v) is 2.96. The summed E-state index contributed by atoms with van der Waals surface area (Å²) in [4.78, 5) is 37.2. The third-order valence-corrected chi connectivity index (χ3v) is 4.70. The van der Waals surface area contributed by atoms with Crippen LogP contribution in [-0.4, -0.2) is 36.0 Å². The number of hydrogen-bond donors (Lipinski definition) is 3. The molecule has 0 bridgehead atoms. The zero-order valence-corrected chi connectivity index (χ0v) is 18.3. The highest BCUT2D eigenvalue weighted by atomic mass is 35.5. The van der Waals surface area contributed by atoms with Crippen LogP contribution < -0.4 is 15.4 Å². The lowest BCUT2D eigenvalue weighted by molar-refractivity contribution is -0.141. The Balaban J connectivity index is 2.33. The first-order valence-electron chi connectivity index (χ1n) is 9.66. The molecule has 3 N–H and O–H groups in total. The second-order valence-electron chi connectivity index (χ2n) is 7.26. The molecular formula is C23H25ClN2O5. The molecule has 7 nitrogen and oxygen atoms in total. The van der Waals surface area contributed by atoms with E-state index in [0.717, 1.165) is 0 Å². The zero-order chi connectivity index (χ0) is 23.0. The molecule has 0 heterocycles. The van der Waals surface area contributed by atoms with E-state index in [0.29, 0.717) is 21.9 Å². The first-order valence-corrected chi connectivity index (χ1v) is 10.0. The Morgan fingerprint density at radius 2 is 1.74 bits per heavy atom. The average Bonchev–Trinajstić information content (AvgIpc) is 2.73. The molecule has 8 heteroatoms. The topological polar surface area (TPSA) is 105 Å². The summed E-state index contributed by atoms with van der Waals surface area (Å²) in [6.07, 6.45) is 1.65. The average molecular weight is 445 g/mol. The number of nitrogens with one attached hydrogen (secondary N) is 2. The van der Waals surface area contributed by atoms with Crippen molar-refractivity contribution in [3.8, 4) is 5.75 Å². The number of halogens is 1. The van der Waals surface area contributed by atoms with E-state index in [-0.39, 0.29) is 18.0 Å². The fraction of sp³-hybridized carbons (Fsp3) is 0.261. The highest BCUT2D eigenvalue weighted by Crippen LogP contribution is 2.18. The maximum atomic E-state index is 12.9. The summed E-state index contributed by atoms with van der Waals surface area (Å²) in [5.74, 6) is -1.78. The lowest BCUT2D eigenvalue weighted by Crippen LogP contribution is -2.45. The number of carbonyl (C=O) groups excluding carboxylic acids is 2. The van der Waals surface area contributed by atoms with Crippen molar-refractivity contribution >= 4 is 35.5 Å². The molecule has 0 unspecified atom stereocenters. The van der Waals surface area contributed by atoms with Crippen LogP contribution in [0.3, 0.4) is 0 Å².